The summed E-state index contributed by atoms with van der Waals surface area (Å²) in [6.45, 7) is -0.148. The lowest BCUT2D eigenvalue weighted by molar-refractivity contribution is -0.149. The third kappa shape index (κ3) is 6.45. The number of esters is 1. The quantitative estimate of drug-likeness (QED) is 0.506. The van der Waals surface area contributed by atoms with Crippen LogP contribution >= 0.6 is 0 Å². The molecule has 36 heavy (non-hydrogen) atoms. The number of halogens is 2. The van der Waals surface area contributed by atoms with Gasteiger partial charge in [0.05, 0.1) is 11.6 Å². The minimum Gasteiger partial charge on any atom is -0.459 e. The molecule has 0 spiro atoms. The van der Waals surface area contributed by atoms with Crippen LogP contribution in [0.4, 0.5) is 8.78 Å². The Labute approximate surface area is 208 Å². The van der Waals surface area contributed by atoms with Gasteiger partial charge in [0.2, 0.25) is 11.8 Å². The van der Waals surface area contributed by atoms with E-state index in [-0.39, 0.29) is 37.5 Å². The van der Waals surface area contributed by atoms with E-state index in [0.717, 1.165) is 18.9 Å². The van der Waals surface area contributed by atoms with Crippen LogP contribution in [0.15, 0.2) is 42.5 Å². The average molecular weight is 496 g/mol. The zero-order chi connectivity index (χ0) is 25.7. The highest BCUT2D eigenvalue weighted by molar-refractivity contribution is 5.86. The van der Waals surface area contributed by atoms with Crippen molar-refractivity contribution in [1.29, 1.82) is 5.26 Å². The Kier molecular flexibility index (Phi) is 7.93. The van der Waals surface area contributed by atoms with Crippen LogP contribution in [0.25, 0.3) is 0 Å². The second-order valence-electron chi connectivity index (χ2n) is 9.35. The molecule has 0 aromatic heterocycles. The minimum atomic E-state index is -1.01. The molecular formula is C27H27F2N3O4. The van der Waals surface area contributed by atoms with Crippen LogP contribution in [0, 0.1) is 28.9 Å². The second kappa shape index (κ2) is 11.3. The smallest absolute Gasteiger partial charge is 0.328 e. The fourth-order valence-electron chi connectivity index (χ4n) is 4.43. The van der Waals surface area contributed by atoms with Crippen molar-refractivity contribution in [3.8, 4) is 6.07 Å². The molecule has 1 heterocycles. The Morgan fingerprint density at radius 3 is 2.69 bits per heavy atom. The predicted molar refractivity (Wildman–Crippen MR) is 125 cm³/mol. The number of likely N-dealkylation sites (tertiary alicyclic amines) is 1. The first-order valence-electron chi connectivity index (χ1n) is 12.0. The molecule has 2 atom stereocenters. The van der Waals surface area contributed by atoms with Crippen LogP contribution in [0.5, 0.6) is 0 Å². The van der Waals surface area contributed by atoms with E-state index in [0.29, 0.717) is 29.9 Å². The van der Waals surface area contributed by atoms with Gasteiger partial charge in [-0.25, -0.2) is 13.6 Å². The van der Waals surface area contributed by atoms with E-state index in [1.54, 1.807) is 24.3 Å². The number of hydrogen-bond donors (Lipinski definition) is 1. The van der Waals surface area contributed by atoms with Crippen LogP contribution in [0.2, 0.25) is 0 Å². The Hall–Kier alpha value is -3.80. The lowest BCUT2D eigenvalue weighted by Gasteiger charge is -2.26. The molecule has 0 bridgehead atoms. The van der Waals surface area contributed by atoms with Crippen LogP contribution in [-0.4, -0.2) is 34.8 Å². The molecule has 1 aliphatic heterocycles. The molecule has 2 aromatic rings. The molecule has 2 fully saturated rings. The lowest BCUT2D eigenvalue weighted by Crippen LogP contribution is -2.44. The molecule has 0 unspecified atom stereocenters. The Morgan fingerprint density at radius 2 is 1.94 bits per heavy atom. The number of nitrogens with one attached hydrogen (secondary N) is 1. The van der Waals surface area contributed by atoms with Gasteiger partial charge in [-0.15, -0.1) is 0 Å². The molecule has 188 valence electrons. The number of ether oxygens (including phenoxy) is 1. The van der Waals surface area contributed by atoms with Gasteiger partial charge in [-0.1, -0.05) is 37.1 Å². The molecule has 2 amide bonds. The summed E-state index contributed by atoms with van der Waals surface area (Å²) in [6.07, 6.45) is 2.99. The molecule has 2 aromatic carbocycles. The summed E-state index contributed by atoms with van der Waals surface area (Å²) in [4.78, 5) is 39.5. The number of amides is 2. The van der Waals surface area contributed by atoms with Crippen molar-refractivity contribution in [1.82, 2.24) is 10.2 Å². The Bertz CT molecular complexity index is 1190. The highest BCUT2D eigenvalue weighted by Crippen LogP contribution is 2.34. The molecule has 1 saturated carbocycles. The number of nitriles is 1. The monoisotopic (exact) mass is 495 g/mol. The summed E-state index contributed by atoms with van der Waals surface area (Å²) < 4.78 is 33.2. The zero-order valence-electron chi connectivity index (χ0n) is 19.7. The van der Waals surface area contributed by atoms with E-state index in [1.165, 1.54) is 17.0 Å². The normalized spacial score (nSPS) is 18.0. The van der Waals surface area contributed by atoms with Crippen molar-refractivity contribution in [2.75, 3.05) is 0 Å². The highest BCUT2D eigenvalue weighted by atomic mass is 19.2. The van der Waals surface area contributed by atoms with Crippen LogP contribution < -0.4 is 5.32 Å². The van der Waals surface area contributed by atoms with Gasteiger partial charge in [0, 0.05) is 31.0 Å². The van der Waals surface area contributed by atoms with Gasteiger partial charge in [-0.3, -0.25) is 9.59 Å². The SMILES string of the molecule is N#Cc1cccc(COC(=O)[C@H](CC2CC2)NC(=O)C[C@@H]2CCC(=O)N2Cc2cccc(F)c2F)c1. The maximum Gasteiger partial charge on any atom is 0.328 e. The van der Waals surface area contributed by atoms with Gasteiger partial charge in [-0.05, 0) is 42.5 Å². The summed E-state index contributed by atoms with van der Waals surface area (Å²) >= 11 is 0. The van der Waals surface area contributed by atoms with Crippen LogP contribution in [0.3, 0.4) is 0 Å². The molecule has 2 aliphatic rings. The van der Waals surface area contributed by atoms with Gasteiger partial charge in [0.25, 0.3) is 0 Å². The Balaban J connectivity index is 1.36. The standard InChI is InChI=1S/C27H27F2N3O4/c28-22-6-2-5-20(26(22)29)15-32-21(9-10-25(32)34)13-24(33)31-23(12-17-7-8-17)27(35)36-16-19-4-1-3-18(11-19)14-30/h1-6,11,17,21,23H,7-10,12-13,15-16H2,(H,31,33)/t21-,23-/m0/s1. The first-order valence-corrected chi connectivity index (χ1v) is 12.0. The Morgan fingerprint density at radius 1 is 1.17 bits per heavy atom. The van der Waals surface area contributed by atoms with Crippen LogP contribution in [0.1, 0.15) is 55.2 Å². The van der Waals surface area contributed by atoms with E-state index in [4.69, 9.17) is 10.00 Å². The number of hydrogen-bond acceptors (Lipinski definition) is 5. The van der Waals surface area contributed by atoms with Crippen molar-refractivity contribution in [3.63, 3.8) is 0 Å². The third-order valence-electron chi connectivity index (χ3n) is 6.57. The molecule has 4 rings (SSSR count). The summed E-state index contributed by atoms with van der Waals surface area (Å²) in [5, 5.41) is 11.8. The summed E-state index contributed by atoms with van der Waals surface area (Å²) in [6, 6.07) is 11.3. The first-order chi connectivity index (χ1) is 17.3. The number of carbonyl (C=O) groups is 3. The maximum absolute atomic E-state index is 14.1. The second-order valence-corrected chi connectivity index (χ2v) is 9.35. The van der Waals surface area contributed by atoms with Gasteiger partial charge >= 0.3 is 5.97 Å². The molecule has 9 heteroatoms. The molecule has 1 saturated heterocycles. The maximum atomic E-state index is 14.1. The van der Waals surface area contributed by atoms with Crippen molar-refractivity contribution in [3.05, 3.63) is 70.8 Å². The number of carbonyl (C=O) groups excluding carboxylic acids is 3. The van der Waals surface area contributed by atoms with Gasteiger partial charge in [0.1, 0.15) is 12.6 Å². The molecule has 1 aliphatic carbocycles. The van der Waals surface area contributed by atoms with E-state index in [9.17, 15) is 23.2 Å². The summed E-state index contributed by atoms with van der Waals surface area (Å²) in [5.74, 6) is -2.86. The topological polar surface area (TPSA) is 99.5 Å². The molecule has 1 N–H and O–H groups in total. The van der Waals surface area contributed by atoms with Crippen LogP contribution in [-0.2, 0) is 32.3 Å². The van der Waals surface area contributed by atoms with E-state index in [1.807, 2.05) is 6.07 Å². The minimum absolute atomic E-state index is 0.0184. The van der Waals surface area contributed by atoms with Gasteiger partial charge in [-0.2, -0.15) is 5.26 Å². The first kappa shape index (κ1) is 25.3. The predicted octanol–water partition coefficient (Wildman–Crippen LogP) is 3.75. The van der Waals surface area contributed by atoms with Crippen molar-refractivity contribution in [2.45, 2.75) is 63.8 Å². The highest BCUT2D eigenvalue weighted by Gasteiger charge is 2.35. The van der Waals surface area contributed by atoms with Crippen molar-refractivity contribution in [2.24, 2.45) is 5.92 Å². The van der Waals surface area contributed by atoms with Crippen molar-refractivity contribution < 1.29 is 27.9 Å². The summed E-state index contributed by atoms with van der Waals surface area (Å²) in [5.41, 5.74) is 1.18. The summed E-state index contributed by atoms with van der Waals surface area (Å²) in [7, 11) is 0. The number of nitrogens with zero attached hydrogens (tertiary/aromatic N) is 2. The average Bonchev–Trinajstić information content (AvgIpc) is 3.63. The number of rotatable bonds is 10. The lowest BCUT2D eigenvalue weighted by atomic mass is 10.1. The van der Waals surface area contributed by atoms with E-state index in [2.05, 4.69) is 5.32 Å². The fraction of sp³-hybridized carbons (Fsp3) is 0.407. The van der Waals surface area contributed by atoms with E-state index >= 15 is 0 Å². The fourth-order valence-corrected chi connectivity index (χ4v) is 4.43. The van der Waals surface area contributed by atoms with Gasteiger partial charge in [0.15, 0.2) is 11.6 Å². The number of benzene rings is 2. The van der Waals surface area contributed by atoms with E-state index < -0.39 is 35.6 Å². The molecule has 0 radical (unpaired) electrons. The zero-order valence-corrected chi connectivity index (χ0v) is 19.7. The van der Waals surface area contributed by atoms with Gasteiger partial charge < -0.3 is 15.0 Å². The largest absolute Gasteiger partial charge is 0.459 e. The van der Waals surface area contributed by atoms with Crippen molar-refractivity contribution >= 4 is 17.8 Å². The molecular weight excluding hydrogens is 468 g/mol. The molecule has 7 nitrogen and oxygen atoms in total. The third-order valence-corrected chi connectivity index (χ3v) is 6.57.